The fourth-order valence-corrected chi connectivity index (χ4v) is 5.37. The van der Waals surface area contributed by atoms with Crippen molar-refractivity contribution in [2.45, 2.75) is 49.6 Å². The van der Waals surface area contributed by atoms with Crippen LogP contribution < -0.4 is 14.8 Å². The van der Waals surface area contributed by atoms with Crippen LogP contribution in [0.25, 0.3) is 0 Å². The Labute approximate surface area is 224 Å². The first-order valence-electron chi connectivity index (χ1n) is 12.0. The summed E-state index contributed by atoms with van der Waals surface area (Å²) in [6.07, 6.45) is 0. The van der Waals surface area contributed by atoms with Crippen LogP contribution in [0.15, 0.2) is 76.5 Å². The lowest BCUT2D eigenvalue weighted by molar-refractivity contribution is 0.102. The average molecular weight is 545 g/mol. The van der Waals surface area contributed by atoms with Crippen LogP contribution in [-0.2, 0) is 9.84 Å². The van der Waals surface area contributed by atoms with Crippen molar-refractivity contribution >= 4 is 33.0 Å². The number of anilines is 1. The molecule has 0 aliphatic carbocycles. The van der Waals surface area contributed by atoms with Crippen molar-refractivity contribution in [1.29, 1.82) is 0 Å². The third kappa shape index (κ3) is 7.25. The number of nitrogens with zero attached hydrogens (tertiary/aromatic N) is 1. The molecule has 0 spiro atoms. The van der Waals surface area contributed by atoms with Gasteiger partial charge in [-0.1, -0.05) is 11.6 Å². The van der Waals surface area contributed by atoms with Crippen molar-refractivity contribution in [3.05, 3.63) is 77.3 Å². The summed E-state index contributed by atoms with van der Waals surface area (Å²) < 4.78 is 37.1. The molecule has 3 aromatic rings. The molecule has 0 aliphatic heterocycles. The summed E-state index contributed by atoms with van der Waals surface area (Å²) in [5.41, 5.74) is 0.848. The van der Waals surface area contributed by atoms with Crippen molar-refractivity contribution < 1.29 is 22.7 Å². The zero-order valence-electron chi connectivity index (χ0n) is 21.7. The normalized spacial score (nSPS) is 11.7. The number of carbonyl (C=O) groups is 1. The highest BCUT2D eigenvalue weighted by Crippen LogP contribution is 2.31. The van der Waals surface area contributed by atoms with Crippen LogP contribution in [0.2, 0.25) is 5.02 Å². The van der Waals surface area contributed by atoms with E-state index in [0.717, 1.165) is 6.54 Å². The van der Waals surface area contributed by atoms with E-state index in [0.29, 0.717) is 46.5 Å². The van der Waals surface area contributed by atoms with Crippen molar-refractivity contribution in [2.75, 3.05) is 25.6 Å². The Morgan fingerprint density at radius 1 is 0.892 bits per heavy atom. The fraction of sp³-hybridized carbons (Fsp3) is 0.321. The van der Waals surface area contributed by atoms with Crippen LogP contribution in [0, 0.1) is 0 Å². The second-order valence-corrected chi connectivity index (χ2v) is 11.5. The quantitative estimate of drug-likeness (QED) is 0.322. The smallest absolute Gasteiger partial charge is 0.255 e. The minimum atomic E-state index is -3.72. The summed E-state index contributed by atoms with van der Waals surface area (Å²) in [7, 11) is -2.16. The highest BCUT2D eigenvalue weighted by atomic mass is 35.5. The summed E-state index contributed by atoms with van der Waals surface area (Å²) in [5, 5.41) is 3.28. The maximum atomic E-state index is 12.8. The fourth-order valence-electron chi connectivity index (χ4n) is 3.98. The first-order chi connectivity index (χ1) is 17.5. The number of carbonyl (C=O) groups excluding carboxylic acids is 1. The molecule has 0 aromatic heterocycles. The SMILES string of the molecule is COc1ccc(NC(=O)c2ccc(S(=O)(=O)c3ccc(Cl)cc3)cc2)cc1OCCN(C(C)C)C(C)C. The lowest BCUT2D eigenvalue weighted by Crippen LogP contribution is -2.39. The standard InChI is InChI=1S/C28H33ClN2O5S/c1-19(2)31(20(3)4)16-17-36-27-18-23(10-15-26(27)35-5)30-28(32)21-6-11-24(12-7-21)37(33,34)25-13-8-22(29)9-14-25/h6-15,18-20H,16-17H2,1-5H3,(H,30,32). The van der Waals surface area contributed by atoms with Crippen LogP contribution in [0.5, 0.6) is 11.5 Å². The number of nitrogens with one attached hydrogen (secondary N) is 1. The Hall–Kier alpha value is -3.07. The van der Waals surface area contributed by atoms with Gasteiger partial charge in [-0.25, -0.2) is 8.42 Å². The van der Waals surface area contributed by atoms with Crippen molar-refractivity contribution in [3.8, 4) is 11.5 Å². The molecule has 0 fully saturated rings. The highest BCUT2D eigenvalue weighted by Gasteiger charge is 2.19. The molecule has 1 N–H and O–H groups in total. The molecule has 7 nitrogen and oxygen atoms in total. The molecule has 0 heterocycles. The molecule has 0 saturated heterocycles. The van der Waals surface area contributed by atoms with Gasteiger partial charge in [0.15, 0.2) is 11.5 Å². The van der Waals surface area contributed by atoms with Gasteiger partial charge in [-0.05, 0) is 88.4 Å². The van der Waals surface area contributed by atoms with Gasteiger partial charge in [0, 0.05) is 41.0 Å². The Kier molecular flexibility index (Phi) is 9.59. The van der Waals surface area contributed by atoms with Crippen molar-refractivity contribution in [2.24, 2.45) is 0 Å². The number of ether oxygens (including phenoxy) is 2. The number of halogens is 1. The zero-order chi connectivity index (χ0) is 27.2. The largest absolute Gasteiger partial charge is 0.493 e. The number of amides is 1. The lowest BCUT2D eigenvalue weighted by atomic mass is 10.2. The number of sulfone groups is 1. The Balaban J connectivity index is 1.70. The number of rotatable bonds is 11. The minimum absolute atomic E-state index is 0.0864. The van der Waals surface area contributed by atoms with Crippen molar-refractivity contribution in [3.63, 3.8) is 0 Å². The Morgan fingerprint density at radius 3 is 2.00 bits per heavy atom. The summed E-state index contributed by atoms with van der Waals surface area (Å²) >= 11 is 5.86. The molecule has 37 heavy (non-hydrogen) atoms. The van der Waals surface area contributed by atoms with Gasteiger partial charge >= 0.3 is 0 Å². The molecule has 198 valence electrons. The molecular weight excluding hydrogens is 512 g/mol. The molecule has 0 aliphatic rings. The zero-order valence-corrected chi connectivity index (χ0v) is 23.3. The molecule has 0 radical (unpaired) electrons. The Bertz CT molecular complexity index is 1300. The van der Waals surface area contributed by atoms with E-state index in [4.69, 9.17) is 21.1 Å². The molecule has 0 bridgehead atoms. The number of hydrogen-bond acceptors (Lipinski definition) is 6. The van der Waals surface area contributed by atoms with Gasteiger partial charge in [0.2, 0.25) is 9.84 Å². The molecule has 0 atom stereocenters. The molecule has 3 aromatic carbocycles. The summed E-state index contributed by atoms with van der Waals surface area (Å²) in [6.45, 7) is 9.81. The second-order valence-electron chi connectivity index (χ2n) is 9.08. The maximum absolute atomic E-state index is 12.8. The predicted molar refractivity (Wildman–Crippen MR) is 147 cm³/mol. The third-order valence-corrected chi connectivity index (χ3v) is 7.94. The maximum Gasteiger partial charge on any atom is 0.255 e. The Morgan fingerprint density at radius 2 is 1.46 bits per heavy atom. The van der Waals surface area contributed by atoms with Gasteiger partial charge < -0.3 is 14.8 Å². The van der Waals surface area contributed by atoms with Crippen LogP contribution in [-0.4, -0.2) is 51.6 Å². The molecule has 9 heteroatoms. The van der Waals surface area contributed by atoms with Gasteiger partial charge in [0.1, 0.15) is 6.61 Å². The van der Waals surface area contributed by atoms with E-state index in [-0.39, 0.29) is 15.7 Å². The molecular formula is C28H33ClN2O5S. The summed E-state index contributed by atoms with van der Waals surface area (Å²) in [5.74, 6) is 0.713. The predicted octanol–water partition coefficient (Wildman–Crippen LogP) is 5.93. The van der Waals surface area contributed by atoms with E-state index in [2.05, 4.69) is 37.9 Å². The third-order valence-electron chi connectivity index (χ3n) is 5.91. The van der Waals surface area contributed by atoms with Crippen LogP contribution in [0.4, 0.5) is 5.69 Å². The highest BCUT2D eigenvalue weighted by molar-refractivity contribution is 7.91. The van der Waals surface area contributed by atoms with Crippen LogP contribution in [0.3, 0.4) is 0 Å². The lowest BCUT2D eigenvalue weighted by Gasteiger charge is -2.30. The minimum Gasteiger partial charge on any atom is -0.493 e. The molecule has 3 rings (SSSR count). The first kappa shape index (κ1) is 28.5. The van der Waals surface area contributed by atoms with Gasteiger partial charge in [-0.3, -0.25) is 9.69 Å². The van der Waals surface area contributed by atoms with E-state index in [1.807, 2.05) is 0 Å². The topological polar surface area (TPSA) is 84.9 Å². The van der Waals surface area contributed by atoms with Gasteiger partial charge in [-0.2, -0.15) is 0 Å². The van der Waals surface area contributed by atoms with E-state index >= 15 is 0 Å². The van der Waals surface area contributed by atoms with Crippen LogP contribution in [0.1, 0.15) is 38.1 Å². The van der Waals surface area contributed by atoms with E-state index < -0.39 is 9.84 Å². The number of methoxy groups -OCH3 is 1. The average Bonchev–Trinajstić information content (AvgIpc) is 2.86. The monoisotopic (exact) mass is 544 g/mol. The molecule has 0 unspecified atom stereocenters. The van der Waals surface area contributed by atoms with Gasteiger partial charge in [-0.15, -0.1) is 0 Å². The van der Waals surface area contributed by atoms with E-state index in [9.17, 15) is 13.2 Å². The summed E-state index contributed by atoms with van der Waals surface area (Å²) in [4.78, 5) is 15.4. The molecule has 0 saturated carbocycles. The number of hydrogen-bond donors (Lipinski definition) is 1. The van der Waals surface area contributed by atoms with Gasteiger partial charge in [0.05, 0.1) is 16.9 Å². The van der Waals surface area contributed by atoms with Crippen LogP contribution >= 0.6 is 11.6 Å². The van der Waals surface area contributed by atoms with Crippen molar-refractivity contribution in [1.82, 2.24) is 4.90 Å². The van der Waals surface area contributed by atoms with Gasteiger partial charge in [0.25, 0.3) is 5.91 Å². The summed E-state index contributed by atoms with van der Waals surface area (Å²) in [6, 6.07) is 17.7. The van der Waals surface area contributed by atoms with E-state index in [1.54, 1.807) is 25.3 Å². The molecule has 1 amide bonds. The number of benzene rings is 3. The first-order valence-corrected chi connectivity index (χ1v) is 13.9. The second kappa shape index (κ2) is 12.4. The van der Waals surface area contributed by atoms with E-state index in [1.165, 1.54) is 48.5 Å².